The van der Waals surface area contributed by atoms with Crippen molar-refractivity contribution >= 4 is 18.2 Å². The minimum absolute atomic E-state index is 0. The lowest BCUT2D eigenvalue weighted by atomic mass is 10.1. The fraction of sp³-hybridized carbons (Fsp3) is 0.615. The number of halogens is 4. The summed E-state index contributed by atoms with van der Waals surface area (Å²) in [4.78, 5) is 3.90. The van der Waals surface area contributed by atoms with Crippen LogP contribution in [0, 0.1) is 0 Å². The minimum Gasteiger partial charge on any atom is -0.373 e. The summed E-state index contributed by atoms with van der Waals surface area (Å²) in [5.74, 6) is 0.215. The summed E-state index contributed by atoms with van der Waals surface area (Å²) >= 11 is 0. The zero-order valence-electron chi connectivity index (χ0n) is 11.8. The molecule has 0 amide bonds. The highest BCUT2D eigenvalue weighted by Gasteiger charge is 2.31. The van der Waals surface area contributed by atoms with Crippen LogP contribution in [0.4, 0.5) is 19.0 Å². The summed E-state index contributed by atoms with van der Waals surface area (Å²) in [5, 5.41) is 6.21. The molecular formula is C13H19ClF3N3O. The molecule has 0 saturated carbocycles. The van der Waals surface area contributed by atoms with E-state index in [0.717, 1.165) is 24.9 Å². The van der Waals surface area contributed by atoms with Crippen molar-refractivity contribution in [1.82, 2.24) is 10.3 Å². The molecule has 3 atom stereocenters. The molecule has 21 heavy (non-hydrogen) atoms. The number of hydrogen-bond acceptors (Lipinski definition) is 4. The van der Waals surface area contributed by atoms with Crippen molar-refractivity contribution in [2.24, 2.45) is 0 Å². The number of alkyl halides is 3. The molecule has 0 radical (unpaired) electrons. The first-order chi connectivity index (χ1) is 9.36. The quantitative estimate of drug-likeness (QED) is 0.897. The van der Waals surface area contributed by atoms with E-state index in [1.54, 1.807) is 0 Å². The van der Waals surface area contributed by atoms with Gasteiger partial charge in [-0.15, -0.1) is 12.4 Å². The zero-order chi connectivity index (χ0) is 14.8. The van der Waals surface area contributed by atoms with Gasteiger partial charge in [0.25, 0.3) is 0 Å². The molecular weight excluding hydrogens is 307 g/mol. The van der Waals surface area contributed by atoms with Crippen molar-refractivity contribution in [2.45, 2.75) is 38.3 Å². The van der Waals surface area contributed by atoms with Crippen LogP contribution in [-0.4, -0.2) is 36.3 Å². The lowest BCUT2D eigenvalue weighted by Gasteiger charge is -2.34. The van der Waals surface area contributed by atoms with Crippen LogP contribution < -0.4 is 10.6 Å². The van der Waals surface area contributed by atoms with Crippen molar-refractivity contribution in [3.8, 4) is 0 Å². The Labute approximate surface area is 127 Å². The second kappa shape index (κ2) is 7.29. The van der Waals surface area contributed by atoms with Gasteiger partial charge in [0.1, 0.15) is 5.82 Å². The van der Waals surface area contributed by atoms with E-state index in [0.29, 0.717) is 6.54 Å². The van der Waals surface area contributed by atoms with Gasteiger partial charge in [-0.3, -0.25) is 0 Å². The Morgan fingerprint density at radius 1 is 1.43 bits per heavy atom. The Morgan fingerprint density at radius 2 is 2.14 bits per heavy atom. The van der Waals surface area contributed by atoms with Crippen LogP contribution in [0.15, 0.2) is 18.3 Å². The summed E-state index contributed by atoms with van der Waals surface area (Å²) in [6.45, 7) is 5.10. The number of pyridine rings is 1. The Hall–Kier alpha value is -1.05. The average Bonchev–Trinajstić information content (AvgIpc) is 2.37. The van der Waals surface area contributed by atoms with Crippen LogP contribution in [0.25, 0.3) is 0 Å². The van der Waals surface area contributed by atoms with E-state index in [2.05, 4.69) is 15.6 Å². The van der Waals surface area contributed by atoms with Gasteiger partial charge in [0, 0.05) is 19.3 Å². The van der Waals surface area contributed by atoms with E-state index in [4.69, 9.17) is 4.74 Å². The monoisotopic (exact) mass is 325 g/mol. The number of nitrogens with one attached hydrogen (secondary N) is 2. The molecule has 8 heteroatoms. The number of aromatic nitrogens is 1. The topological polar surface area (TPSA) is 46.2 Å². The van der Waals surface area contributed by atoms with Gasteiger partial charge >= 0.3 is 6.18 Å². The molecule has 2 N–H and O–H groups in total. The van der Waals surface area contributed by atoms with E-state index >= 15 is 0 Å². The first-order valence-electron chi connectivity index (χ1n) is 6.52. The summed E-state index contributed by atoms with van der Waals surface area (Å²) in [6, 6.07) is 2.01. The number of anilines is 1. The van der Waals surface area contributed by atoms with E-state index in [1.807, 2.05) is 13.8 Å². The zero-order valence-corrected chi connectivity index (χ0v) is 12.6. The number of ether oxygens (including phenoxy) is 1. The van der Waals surface area contributed by atoms with Gasteiger partial charge < -0.3 is 15.4 Å². The molecule has 4 nitrogen and oxygen atoms in total. The molecule has 0 bridgehead atoms. The molecule has 0 unspecified atom stereocenters. The molecule has 2 rings (SSSR count). The summed E-state index contributed by atoms with van der Waals surface area (Å²) in [6.07, 6.45) is -3.06. The Kier molecular flexibility index (Phi) is 6.24. The van der Waals surface area contributed by atoms with E-state index in [9.17, 15) is 13.2 Å². The minimum atomic E-state index is -4.35. The van der Waals surface area contributed by atoms with Crippen LogP contribution >= 0.6 is 12.4 Å². The van der Waals surface area contributed by atoms with Gasteiger partial charge in [0.05, 0.1) is 23.8 Å². The summed E-state index contributed by atoms with van der Waals surface area (Å²) < 4.78 is 43.4. The maximum atomic E-state index is 12.6. The van der Waals surface area contributed by atoms with Crippen molar-refractivity contribution in [3.63, 3.8) is 0 Å². The average molecular weight is 326 g/mol. The van der Waals surface area contributed by atoms with Crippen LogP contribution in [-0.2, 0) is 10.9 Å². The smallest absolute Gasteiger partial charge is 0.373 e. The standard InChI is InChI=1S/C13H18F3N3O.ClH/c1-8-6-18-11(9(2)20-8)7-19-12-5-10(3-4-17-12)13(14,15)16;/h3-5,8-9,11,18H,6-7H2,1-2H3,(H,17,19);1H/t8-,9+,11-;/m1./s1. The first-order valence-corrected chi connectivity index (χ1v) is 6.52. The molecule has 1 aromatic rings. The molecule has 0 aliphatic carbocycles. The van der Waals surface area contributed by atoms with E-state index in [1.165, 1.54) is 0 Å². The number of rotatable bonds is 3. The highest BCUT2D eigenvalue weighted by atomic mass is 35.5. The van der Waals surface area contributed by atoms with Gasteiger partial charge in [0.15, 0.2) is 0 Å². The molecule has 0 spiro atoms. The second-order valence-corrected chi connectivity index (χ2v) is 4.97. The van der Waals surface area contributed by atoms with Gasteiger partial charge in [-0.2, -0.15) is 13.2 Å². The molecule has 1 saturated heterocycles. The Morgan fingerprint density at radius 3 is 2.76 bits per heavy atom. The number of nitrogens with zero attached hydrogens (tertiary/aromatic N) is 1. The molecule has 120 valence electrons. The first kappa shape index (κ1) is 18.0. The van der Waals surface area contributed by atoms with Gasteiger partial charge in [-0.05, 0) is 26.0 Å². The maximum absolute atomic E-state index is 12.6. The van der Waals surface area contributed by atoms with E-state index in [-0.39, 0.29) is 36.5 Å². The molecule has 0 aromatic carbocycles. The predicted molar refractivity (Wildman–Crippen MR) is 76.8 cm³/mol. The second-order valence-electron chi connectivity index (χ2n) is 4.97. The predicted octanol–water partition coefficient (Wildman–Crippen LogP) is 2.70. The van der Waals surface area contributed by atoms with Crippen molar-refractivity contribution in [1.29, 1.82) is 0 Å². The van der Waals surface area contributed by atoms with Crippen molar-refractivity contribution in [3.05, 3.63) is 23.9 Å². The largest absolute Gasteiger partial charge is 0.416 e. The normalized spacial score (nSPS) is 26.0. The van der Waals surface area contributed by atoms with Crippen LogP contribution in [0.5, 0.6) is 0 Å². The SMILES string of the molecule is C[C@@H]1CN[C@H](CNc2cc(C(F)(F)F)ccn2)[C@H](C)O1.Cl. The van der Waals surface area contributed by atoms with Crippen molar-refractivity contribution in [2.75, 3.05) is 18.4 Å². The molecule has 2 heterocycles. The van der Waals surface area contributed by atoms with Crippen LogP contribution in [0.2, 0.25) is 0 Å². The van der Waals surface area contributed by atoms with Crippen molar-refractivity contribution < 1.29 is 17.9 Å². The maximum Gasteiger partial charge on any atom is 0.416 e. The third-order valence-corrected chi connectivity index (χ3v) is 3.27. The van der Waals surface area contributed by atoms with E-state index < -0.39 is 11.7 Å². The highest BCUT2D eigenvalue weighted by molar-refractivity contribution is 5.85. The fourth-order valence-corrected chi connectivity index (χ4v) is 2.15. The number of hydrogen-bond donors (Lipinski definition) is 2. The lowest BCUT2D eigenvalue weighted by molar-refractivity contribution is -0.137. The van der Waals surface area contributed by atoms with Crippen LogP contribution in [0.1, 0.15) is 19.4 Å². The summed E-state index contributed by atoms with van der Waals surface area (Å²) in [7, 11) is 0. The van der Waals surface area contributed by atoms with Crippen LogP contribution in [0.3, 0.4) is 0 Å². The van der Waals surface area contributed by atoms with Gasteiger partial charge in [0.2, 0.25) is 0 Å². The lowest BCUT2D eigenvalue weighted by Crippen LogP contribution is -2.53. The Balaban J connectivity index is 0.00000220. The Bertz CT molecular complexity index is 459. The number of morpholine rings is 1. The summed E-state index contributed by atoms with van der Waals surface area (Å²) in [5.41, 5.74) is -0.704. The molecule has 1 aliphatic rings. The van der Waals surface area contributed by atoms with Gasteiger partial charge in [-0.25, -0.2) is 4.98 Å². The fourth-order valence-electron chi connectivity index (χ4n) is 2.15. The van der Waals surface area contributed by atoms with Gasteiger partial charge in [-0.1, -0.05) is 0 Å². The third kappa shape index (κ3) is 5.01. The molecule has 1 fully saturated rings. The third-order valence-electron chi connectivity index (χ3n) is 3.27. The highest BCUT2D eigenvalue weighted by Crippen LogP contribution is 2.29. The molecule has 1 aliphatic heterocycles. The molecule has 1 aromatic heterocycles.